The Kier molecular flexibility index (Phi) is 8.13. The van der Waals surface area contributed by atoms with Crippen LogP contribution in [0.2, 0.25) is 0 Å². The summed E-state index contributed by atoms with van der Waals surface area (Å²) >= 11 is 0. The van der Waals surface area contributed by atoms with Crippen LogP contribution in [-0.2, 0) is 4.74 Å². The van der Waals surface area contributed by atoms with Crippen LogP contribution >= 0.6 is 0 Å². The Morgan fingerprint density at radius 1 is 1.18 bits per heavy atom. The van der Waals surface area contributed by atoms with Crippen molar-refractivity contribution in [1.29, 1.82) is 0 Å². The van der Waals surface area contributed by atoms with Crippen LogP contribution in [0, 0.1) is 0 Å². The molecule has 6 heteroatoms. The van der Waals surface area contributed by atoms with Crippen LogP contribution in [0.15, 0.2) is 24.3 Å². The minimum atomic E-state index is -0.383. The first-order valence-corrected chi connectivity index (χ1v) is 10.8. The number of aliphatic hydroxyl groups excluding tert-OH is 1. The molecule has 2 fully saturated rings. The molecule has 28 heavy (non-hydrogen) atoms. The summed E-state index contributed by atoms with van der Waals surface area (Å²) in [6.45, 7) is 7.95. The number of likely N-dealkylation sites (tertiary alicyclic amines) is 1. The number of nitrogens with zero attached hydrogens (tertiary/aromatic N) is 2. The van der Waals surface area contributed by atoms with Crippen molar-refractivity contribution in [1.82, 2.24) is 10.2 Å². The third-order valence-corrected chi connectivity index (χ3v) is 5.76. The van der Waals surface area contributed by atoms with Crippen LogP contribution in [0.1, 0.15) is 49.4 Å². The fourth-order valence-electron chi connectivity index (χ4n) is 4.10. The van der Waals surface area contributed by atoms with E-state index in [9.17, 15) is 9.90 Å². The molecule has 1 aromatic rings. The van der Waals surface area contributed by atoms with E-state index in [1.54, 1.807) is 4.90 Å². The number of aliphatic hydroxyl groups is 1. The Balaban J connectivity index is 1.44. The summed E-state index contributed by atoms with van der Waals surface area (Å²) in [6.07, 6.45) is 4.63. The molecule has 156 valence electrons. The maximum Gasteiger partial charge on any atom is 0.253 e. The molecule has 0 spiro atoms. The Bertz CT molecular complexity index is 600. The molecular formula is C22H35N3O3. The first-order valence-electron chi connectivity index (χ1n) is 10.8. The van der Waals surface area contributed by atoms with Crippen LogP contribution < -0.4 is 10.2 Å². The predicted molar refractivity (Wildman–Crippen MR) is 112 cm³/mol. The molecule has 0 aliphatic carbocycles. The van der Waals surface area contributed by atoms with E-state index >= 15 is 0 Å². The monoisotopic (exact) mass is 389 g/mol. The van der Waals surface area contributed by atoms with E-state index in [1.807, 2.05) is 19.1 Å². The second-order valence-corrected chi connectivity index (χ2v) is 7.86. The van der Waals surface area contributed by atoms with Crippen LogP contribution in [-0.4, -0.2) is 74.0 Å². The highest BCUT2D eigenvalue weighted by Crippen LogP contribution is 2.22. The number of anilines is 1. The molecule has 1 aromatic carbocycles. The fourth-order valence-corrected chi connectivity index (χ4v) is 4.10. The third-order valence-electron chi connectivity index (χ3n) is 5.76. The van der Waals surface area contributed by atoms with Gasteiger partial charge in [0, 0.05) is 56.7 Å². The Hall–Kier alpha value is -1.63. The van der Waals surface area contributed by atoms with Crippen LogP contribution in [0.4, 0.5) is 5.69 Å². The lowest BCUT2D eigenvalue weighted by Crippen LogP contribution is -2.43. The Morgan fingerprint density at radius 2 is 1.93 bits per heavy atom. The highest BCUT2D eigenvalue weighted by molar-refractivity contribution is 5.94. The van der Waals surface area contributed by atoms with Gasteiger partial charge in [-0.15, -0.1) is 0 Å². The molecule has 6 nitrogen and oxygen atoms in total. The maximum absolute atomic E-state index is 12.6. The van der Waals surface area contributed by atoms with Crippen molar-refractivity contribution in [3.63, 3.8) is 0 Å². The molecule has 2 N–H and O–H groups in total. The van der Waals surface area contributed by atoms with Crippen LogP contribution in [0.25, 0.3) is 0 Å². The van der Waals surface area contributed by atoms with Gasteiger partial charge < -0.3 is 25.0 Å². The Morgan fingerprint density at radius 3 is 2.61 bits per heavy atom. The number of hydrogen-bond donors (Lipinski definition) is 2. The quantitative estimate of drug-likeness (QED) is 0.668. The van der Waals surface area contributed by atoms with Crippen molar-refractivity contribution >= 4 is 11.6 Å². The van der Waals surface area contributed by atoms with E-state index in [4.69, 9.17) is 4.74 Å². The molecule has 0 aromatic heterocycles. The number of β-amino-alcohol motifs (C(OH)–C–C–N with tert-alkyl or cyclic N) is 1. The van der Waals surface area contributed by atoms with E-state index in [1.165, 1.54) is 5.69 Å². The number of ether oxygens (including phenoxy) is 1. The van der Waals surface area contributed by atoms with Crippen LogP contribution in [0.5, 0.6) is 0 Å². The molecule has 3 rings (SSSR count). The minimum Gasteiger partial charge on any atom is -0.391 e. The van der Waals surface area contributed by atoms with Gasteiger partial charge in [-0.3, -0.25) is 4.79 Å². The van der Waals surface area contributed by atoms with Gasteiger partial charge in [0.05, 0.1) is 6.10 Å². The first kappa shape index (κ1) is 21.1. The van der Waals surface area contributed by atoms with Crippen molar-refractivity contribution in [2.75, 3.05) is 50.8 Å². The van der Waals surface area contributed by atoms with Crippen molar-refractivity contribution in [2.24, 2.45) is 0 Å². The summed E-state index contributed by atoms with van der Waals surface area (Å²) in [4.78, 5) is 16.8. The number of rotatable bonds is 8. The summed E-state index contributed by atoms with van der Waals surface area (Å²) in [5.41, 5.74) is 1.90. The lowest BCUT2D eigenvalue weighted by Gasteiger charge is -2.34. The van der Waals surface area contributed by atoms with Gasteiger partial charge in [0.2, 0.25) is 0 Å². The highest BCUT2D eigenvalue weighted by Gasteiger charge is 2.23. The highest BCUT2D eigenvalue weighted by atomic mass is 16.5. The number of benzene rings is 1. The second-order valence-electron chi connectivity index (χ2n) is 7.86. The maximum atomic E-state index is 12.6. The van der Waals surface area contributed by atoms with E-state index in [0.29, 0.717) is 18.2 Å². The molecule has 0 bridgehead atoms. The summed E-state index contributed by atoms with van der Waals surface area (Å²) in [6, 6.07) is 8.56. The molecule has 1 atom stereocenters. The molecule has 2 saturated heterocycles. The average Bonchev–Trinajstić information content (AvgIpc) is 2.74. The van der Waals surface area contributed by atoms with Crippen molar-refractivity contribution in [3.8, 4) is 0 Å². The average molecular weight is 390 g/mol. The van der Waals surface area contributed by atoms with Crippen molar-refractivity contribution in [3.05, 3.63) is 29.8 Å². The molecule has 0 saturated carbocycles. The van der Waals surface area contributed by atoms with Crippen molar-refractivity contribution < 1.29 is 14.6 Å². The lowest BCUT2D eigenvalue weighted by molar-refractivity contribution is 0.0474. The second kappa shape index (κ2) is 10.8. The zero-order valence-electron chi connectivity index (χ0n) is 17.1. The van der Waals surface area contributed by atoms with Gasteiger partial charge in [0.25, 0.3) is 5.91 Å². The SMILES string of the molecule is CCOCCCNC1CCN(c2ccc(C(=O)N3CCCC(O)C3)cc2)CC1. The summed E-state index contributed by atoms with van der Waals surface area (Å²) in [5, 5.41) is 13.4. The predicted octanol–water partition coefficient (Wildman–Crippen LogP) is 2.27. The molecule has 1 unspecified atom stereocenters. The number of amides is 1. The molecule has 2 aliphatic rings. The number of hydrogen-bond acceptors (Lipinski definition) is 5. The molecule has 1 amide bonds. The van der Waals surface area contributed by atoms with E-state index < -0.39 is 0 Å². The van der Waals surface area contributed by atoms with E-state index in [0.717, 1.165) is 71.5 Å². The standard InChI is InChI=1S/C22H35N3O3/c1-2-28-16-4-12-23-19-10-14-24(15-11-19)20-8-6-18(7-9-20)22(27)25-13-3-5-21(26)17-25/h6-9,19,21,23,26H,2-5,10-17H2,1H3. The lowest BCUT2D eigenvalue weighted by atomic mass is 10.0. The fraction of sp³-hybridized carbons (Fsp3) is 0.682. The molecular weight excluding hydrogens is 354 g/mol. The van der Waals surface area contributed by atoms with Gasteiger partial charge >= 0.3 is 0 Å². The number of nitrogens with one attached hydrogen (secondary N) is 1. The minimum absolute atomic E-state index is 0.0280. The van der Waals surface area contributed by atoms with E-state index in [-0.39, 0.29) is 12.0 Å². The van der Waals surface area contributed by atoms with E-state index in [2.05, 4.69) is 22.3 Å². The first-order chi connectivity index (χ1) is 13.7. The summed E-state index contributed by atoms with van der Waals surface area (Å²) in [7, 11) is 0. The topological polar surface area (TPSA) is 65.0 Å². The Labute approximate surface area is 168 Å². The van der Waals surface area contributed by atoms with Gasteiger partial charge in [0.15, 0.2) is 0 Å². The summed E-state index contributed by atoms with van der Waals surface area (Å²) < 4.78 is 5.38. The zero-order chi connectivity index (χ0) is 19.8. The number of carbonyl (C=O) groups is 1. The van der Waals surface area contributed by atoms with Gasteiger partial charge in [0.1, 0.15) is 0 Å². The van der Waals surface area contributed by atoms with Gasteiger partial charge in [-0.2, -0.15) is 0 Å². The van der Waals surface area contributed by atoms with Gasteiger partial charge in [-0.1, -0.05) is 0 Å². The normalized spacial score (nSPS) is 21.1. The zero-order valence-corrected chi connectivity index (χ0v) is 17.1. The number of piperidine rings is 2. The molecule has 0 radical (unpaired) electrons. The third kappa shape index (κ3) is 5.93. The molecule has 2 aliphatic heterocycles. The number of carbonyl (C=O) groups excluding carboxylic acids is 1. The van der Waals surface area contributed by atoms with Gasteiger partial charge in [-0.25, -0.2) is 0 Å². The smallest absolute Gasteiger partial charge is 0.253 e. The van der Waals surface area contributed by atoms with Crippen molar-refractivity contribution in [2.45, 2.75) is 51.2 Å². The largest absolute Gasteiger partial charge is 0.391 e. The molecule has 2 heterocycles. The van der Waals surface area contributed by atoms with Gasteiger partial charge in [-0.05, 0) is 69.8 Å². The summed E-state index contributed by atoms with van der Waals surface area (Å²) in [5.74, 6) is 0.0280. The van der Waals surface area contributed by atoms with Crippen LogP contribution in [0.3, 0.4) is 0 Å².